The fourth-order valence-electron chi connectivity index (χ4n) is 4.15. The number of hydrogen-bond donors (Lipinski definition) is 2. The summed E-state index contributed by atoms with van der Waals surface area (Å²) in [5, 5.41) is 3.11. The average molecular weight is 436 g/mol. The third-order valence-corrected chi connectivity index (χ3v) is 5.87. The summed E-state index contributed by atoms with van der Waals surface area (Å²) in [5.74, 6) is -0.315. The van der Waals surface area contributed by atoms with Crippen molar-refractivity contribution in [2.75, 3.05) is 13.1 Å². The maximum absolute atomic E-state index is 12.6. The fraction of sp³-hybridized carbons (Fsp3) is 0.417. The summed E-state index contributed by atoms with van der Waals surface area (Å²) in [4.78, 5) is 46.0. The molecule has 4 rings (SSSR count). The van der Waals surface area contributed by atoms with Gasteiger partial charge in [-0.15, -0.1) is 0 Å². The van der Waals surface area contributed by atoms with E-state index in [-0.39, 0.29) is 16.9 Å². The first kappa shape index (κ1) is 22.0. The molecular weight excluding hydrogens is 406 g/mol. The molecule has 0 radical (unpaired) electrons. The number of carbonyl (C=O) groups is 1. The maximum Gasteiger partial charge on any atom is 0.329 e. The zero-order chi connectivity index (χ0) is 22.5. The number of benzene rings is 1. The monoisotopic (exact) mass is 435 g/mol. The fourth-order valence-corrected chi connectivity index (χ4v) is 4.15. The number of pyridine rings is 1. The molecule has 0 bridgehead atoms. The zero-order valence-corrected chi connectivity index (χ0v) is 18.4. The van der Waals surface area contributed by atoms with Crippen molar-refractivity contribution in [2.45, 2.75) is 52.2 Å². The van der Waals surface area contributed by atoms with Crippen molar-refractivity contribution in [1.29, 1.82) is 0 Å². The number of H-pyrrole nitrogens is 1. The van der Waals surface area contributed by atoms with Gasteiger partial charge in [-0.05, 0) is 49.5 Å². The Hall–Kier alpha value is -3.26. The van der Waals surface area contributed by atoms with Gasteiger partial charge in [-0.2, -0.15) is 0 Å². The Balaban J connectivity index is 1.42. The molecule has 1 saturated heterocycles. The highest BCUT2D eigenvalue weighted by molar-refractivity contribution is 5.96. The van der Waals surface area contributed by atoms with Crippen molar-refractivity contribution < 1.29 is 4.79 Å². The van der Waals surface area contributed by atoms with E-state index >= 15 is 0 Å². The number of carbonyl (C=O) groups excluding carboxylic acids is 1. The van der Waals surface area contributed by atoms with Crippen molar-refractivity contribution >= 4 is 16.9 Å². The van der Waals surface area contributed by atoms with Crippen molar-refractivity contribution in [3.8, 4) is 0 Å². The summed E-state index contributed by atoms with van der Waals surface area (Å²) < 4.78 is 1.42. The molecule has 1 aliphatic heterocycles. The second-order valence-corrected chi connectivity index (χ2v) is 8.34. The summed E-state index contributed by atoms with van der Waals surface area (Å²) in [6.45, 7) is 6.05. The van der Waals surface area contributed by atoms with E-state index in [2.05, 4.69) is 32.3 Å². The molecule has 0 atom stereocenters. The minimum absolute atomic E-state index is 0.229. The molecule has 32 heavy (non-hydrogen) atoms. The lowest BCUT2D eigenvalue weighted by atomic mass is 10.1. The first-order valence-electron chi connectivity index (χ1n) is 11.3. The molecule has 1 fully saturated rings. The van der Waals surface area contributed by atoms with Gasteiger partial charge in [0.25, 0.3) is 11.5 Å². The van der Waals surface area contributed by atoms with E-state index in [0.717, 1.165) is 31.6 Å². The van der Waals surface area contributed by atoms with Gasteiger partial charge in [0.1, 0.15) is 5.65 Å². The van der Waals surface area contributed by atoms with Crippen molar-refractivity contribution in [3.05, 3.63) is 74.1 Å². The van der Waals surface area contributed by atoms with E-state index in [9.17, 15) is 14.4 Å². The number of hydrogen-bond acceptors (Lipinski definition) is 5. The summed E-state index contributed by atoms with van der Waals surface area (Å²) in [5.41, 5.74) is 1.83. The number of likely N-dealkylation sites (tertiary alicyclic amines) is 1. The first-order valence-corrected chi connectivity index (χ1v) is 11.3. The number of fused-ring (bicyclic) bond motifs is 1. The lowest BCUT2D eigenvalue weighted by Crippen LogP contribution is -2.31. The SMILES string of the molecule is CCCn1c(=O)[nH]c(=O)c2cc(C(=O)NCc3ccc(CN4CCCCC4)cc3)cnc21. The van der Waals surface area contributed by atoms with E-state index in [1.54, 1.807) is 0 Å². The van der Waals surface area contributed by atoms with Crippen LogP contribution < -0.4 is 16.6 Å². The van der Waals surface area contributed by atoms with E-state index in [4.69, 9.17) is 0 Å². The molecule has 2 N–H and O–H groups in total. The standard InChI is InChI=1S/C24H29N5O3/c1-2-10-29-21-20(23(31)27-24(29)32)13-19(15-25-21)22(30)26-14-17-6-8-18(9-7-17)16-28-11-4-3-5-12-28/h6-9,13,15H,2-5,10-12,14,16H2,1H3,(H,26,30)(H,27,31,32). The van der Waals surface area contributed by atoms with Gasteiger partial charge in [-0.3, -0.25) is 24.0 Å². The van der Waals surface area contributed by atoms with Gasteiger partial charge in [0.15, 0.2) is 0 Å². The van der Waals surface area contributed by atoms with Crippen LogP contribution in [0.25, 0.3) is 11.0 Å². The van der Waals surface area contributed by atoms with Crippen LogP contribution in [0.5, 0.6) is 0 Å². The summed E-state index contributed by atoms with van der Waals surface area (Å²) in [6.07, 6.45) is 6.01. The Morgan fingerprint density at radius 1 is 1.09 bits per heavy atom. The van der Waals surface area contributed by atoms with Crippen LogP contribution in [0.4, 0.5) is 0 Å². The van der Waals surface area contributed by atoms with Crippen LogP contribution in [0, 0.1) is 0 Å². The van der Waals surface area contributed by atoms with Gasteiger partial charge in [-0.1, -0.05) is 37.6 Å². The van der Waals surface area contributed by atoms with Crippen LogP contribution in [0.2, 0.25) is 0 Å². The minimum Gasteiger partial charge on any atom is -0.348 e. The predicted octanol–water partition coefficient (Wildman–Crippen LogP) is 2.41. The van der Waals surface area contributed by atoms with Crippen molar-refractivity contribution in [1.82, 2.24) is 24.8 Å². The lowest BCUT2D eigenvalue weighted by Gasteiger charge is -2.26. The largest absolute Gasteiger partial charge is 0.348 e. The molecule has 0 unspecified atom stereocenters. The molecule has 1 amide bonds. The number of aryl methyl sites for hydroxylation is 1. The van der Waals surface area contributed by atoms with Crippen LogP contribution in [-0.2, 0) is 19.6 Å². The highest BCUT2D eigenvalue weighted by Gasteiger charge is 2.13. The molecule has 1 aromatic carbocycles. The molecule has 2 aromatic heterocycles. The molecule has 1 aliphatic rings. The number of rotatable bonds is 7. The summed E-state index contributed by atoms with van der Waals surface area (Å²) in [7, 11) is 0. The molecule has 0 aliphatic carbocycles. The molecular formula is C24H29N5O3. The van der Waals surface area contributed by atoms with E-state index in [1.165, 1.54) is 41.7 Å². The quantitative estimate of drug-likeness (QED) is 0.594. The van der Waals surface area contributed by atoms with Crippen molar-refractivity contribution in [2.24, 2.45) is 0 Å². The van der Waals surface area contributed by atoms with Gasteiger partial charge in [0.05, 0.1) is 10.9 Å². The van der Waals surface area contributed by atoms with Crippen molar-refractivity contribution in [3.63, 3.8) is 0 Å². The van der Waals surface area contributed by atoms with Crippen LogP contribution in [0.3, 0.4) is 0 Å². The van der Waals surface area contributed by atoms with E-state index in [0.29, 0.717) is 18.7 Å². The van der Waals surface area contributed by atoms with E-state index < -0.39 is 11.2 Å². The topological polar surface area (TPSA) is 100 Å². The number of piperidine rings is 1. The molecule has 168 valence electrons. The predicted molar refractivity (Wildman–Crippen MR) is 124 cm³/mol. The van der Waals surface area contributed by atoms with Gasteiger partial charge < -0.3 is 5.32 Å². The smallest absolute Gasteiger partial charge is 0.329 e. The first-order chi connectivity index (χ1) is 15.5. The Bertz CT molecular complexity index is 1210. The average Bonchev–Trinajstić information content (AvgIpc) is 2.81. The molecule has 8 nitrogen and oxygen atoms in total. The van der Waals surface area contributed by atoms with Gasteiger partial charge in [0, 0.05) is 25.8 Å². The van der Waals surface area contributed by atoms with Gasteiger partial charge in [-0.25, -0.2) is 9.78 Å². The van der Waals surface area contributed by atoms with Gasteiger partial charge >= 0.3 is 5.69 Å². The number of amides is 1. The second-order valence-electron chi connectivity index (χ2n) is 8.34. The Morgan fingerprint density at radius 2 is 1.81 bits per heavy atom. The van der Waals surface area contributed by atoms with Gasteiger partial charge in [0.2, 0.25) is 0 Å². The number of nitrogens with zero attached hydrogens (tertiary/aromatic N) is 3. The lowest BCUT2D eigenvalue weighted by molar-refractivity contribution is 0.0950. The van der Waals surface area contributed by atoms with Crippen LogP contribution in [-0.4, -0.2) is 38.4 Å². The third kappa shape index (κ3) is 4.96. The molecule has 0 spiro atoms. The van der Waals surface area contributed by atoms with Crippen LogP contribution >= 0.6 is 0 Å². The highest BCUT2D eigenvalue weighted by atomic mass is 16.2. The minimum atomic E-state index is -0.538. The second kappa shape index (κ2) is 9.91. The molecule has 0 saturated carbocycles. The Kier molecular flexibility index (Phi) is 6.80. The maximum atomic E-state index is 12.6. The number of aromatic nitrogens is 3. The molecule has 8 heteroatoms. The summed E-state index contributed by atoms with van der Waals surface area (Å²) >= 11 is 0. The Labute approximate surface area is 186 Å². The molecule has 3 aromatic rings. The van der Waals surface area contributed by atoms with E-state index in [1.807, 2.05) is 19.1 Å². The van der Waals surface area contributed by atoms with Crippen LogP contribution in [0.1, 0.15) is 54.1 Å². The zero-order valence-electron chi connectivity index (χ0n) is 18.4. The Morgan fingerprint density at radius 3 is 2.53 bits per heavy atom. The summed E-state index contributed by atoms with van der Waals surface area (Å²) in [6, 6.07) is 9.78. The van der Waals surface area contributed by atoms with Crippen LogP contribution in [0.15, 0.2) is 46.1 Å². The number of nitrogens with one attached hydrogen (secondary N) is 2. The molecule has 3 heterocycles. The highest BCUT2D eigenvalue weighted by Crippen LogP contribution is 2.14. The third-order valence-electron chi connectivity index (χ3n) is 5.87. The number of aromatic amines is 1. The normalized spacial score (nSPS) is 14.5.